The Labute approximate surface area is 116 Å². The molecule has 0 heterocycles. The van der Waals surface area contributed by atoms with Crippen LogP contribution < -0.4 is 10.6 Å². The molecule has 19 heavy (non-hydrogen) atoms. The van der Waals surface area contributed by atoms with Crippen molar-refractivity contribution in [3.8, 4) is 0 Å². The van der Waals surface area contributed by atoms with E-state index < -0.39 is 0 Å². The van der Waals surface area contributed by atoms with Crippen LogP contribution in [0.25, 0.3) is 0 Å². The van der Waals surface area contributed by atoms with E-state index >= 15 is 0 Å². The predicted octanol–water partition coefficient (Wildman–Crippen LogP) is 1.07. The lowest BCUT2D eigenvalue weighted by molar-refractivity contribution is -0.136. The Morgan fingerprint density at radius 3 is 2.58 bits per heavy atom. The Morgan fingerprint density at radius 2 is 2.00 bits per heavy atom. The van der Waals surface area contributed by atoms with Crippen molar-refractivity contribution >= 4 is 5.91 Å². The van der Waals surface area contributed by atoms with E-state index in [1.807, 2.05) is 6.92 Å². The van der Waals surface area contributed by atoms with E-state index in [9.17, 15) is 4.79 Å². The maximum Gasteiger partial charge on any atom is 0.248 e. The molecule has 5 nitrogen and oxygen atoms in total. The normalized spacial score (nSPS) is 25.0. The molecule has 0 aromatic rings. The lowest BCUT2D eigenvalue weighted by atomic mass is 9.93. The molecule has 0 bridgehead atoms. The van der Waals surface area contributed by atoms with Gasteiger partial charge in [-0.05, 0) is 39.2 Å². The van der Waals surface area contributed by atoms with E-state index in [2.05, 4.69) is 17.6 Å². The Balaban J connectivity index is 2.18. The fourth-order valence-corrected chi connectivity index (χ4v) is 2.46. The van der Waals surface area contributed by atoms with E-state index in [0.717, 1.165) is 32.2 Å². The third kappa shape index (κ3) is 6.36. The number of carbonyl (C=O) groups excluding carboxylic acids is 1. The van der Waals surface area contributed by atoms with Crippen LogP contribution in [0.15, 0.2) is 0 Å². The fourth-order valence-electron chi connectivity index (χ4n) is 2.46. The summed E-state index contributed by atoms with van der Waals surface area (Å²) in [6, 6.07) is 0.621. The second-order valence-electron chi connectivity index (χ2n) is 5.09. The molecular formula is C14H28N2O3. The first-order chi connectivity index (χ1) is 9.17. The van der Waals surface area contributed by atoms with Crippen LogP contribution in [-0.4, -0.2) is 51.0 Å². The molecule has 5 heteroatoms. The van der Waals surface area contributed by atoms with E-state index in [1.165, 1.54) is 0 Å². The van der Waals surface area contributed by atoms with Crippen LogP contribution in [0.5, 0.6) is 0 Å². The lowest BCUT2D eigenvalue weighted by Gasteiger charge is -2.30. The summed E-state index contributed by atoms with van der Waals surface area (Å²) in [6.45, 7) is 6.05. The number of carbonyl (C=O) groups is 1. The van der Waals surface area contributed by atoms with Crippen LogP contribution in [0, 0.1) is 0 Å². The zero-order valence-corrected chi connectivity index (χ0v) is 12.4. The highest BCUT2D eigenvalue weighted by atomic mass is 16.5. The van der Waals surface area contributed by atoms with Gasteiger partial charge in [0.1, 0.15) is 6.10 Å². The minimum Gasteiger partial charge on any atom is -0.383 e. The highest BCUT2D eigenvalue weighted by Crippen LogP contribution is 2.22. The Morgan fingerprint density at radius 1 is 1.32 bits per heavy atom. The van der Waals surface area contributed by atoms with Crippen LogP contribution >= 0.6 is 0 Å². The first-order valence-electron chi connectivity index (χ1n) is 7.32. The monoisotopic (exact) mass is 272 g/mol. The molecule has 1 aliphatic rings. The van der Waals surface area contributed by atoms with Crippen molar-refractivity contribution < 1.29 is 14.3 Å². The topological polar surface area (TPSA) is 59.6 Å². The molecule has 0 aromatic heterocycles. The van der Waals surface area contributed by atoms with E-state index in [1.54, 1.807) is 7.11 Å². The van der Waals surface area contributed by atoms with Gasteiger partial charge < -0.3 is 20.1 Å². The summed E-state index contributed by atoms with van der Waals surface area (Å²) in [5.41, 5.74) is 0. The summed E-state index contributed by atoms with van der Waals surface area (Å²) in [5, 5.41) is 6.27. The molecule has 112 valence electrons. The molecule has 1 rings (SSSR count). The van der Waals surface area contributed by atoms with Gasteiger partial charge in [-0.1, -0.05) is 6.92 Å². The summed E-state index contributed by atoms with van der Waals surface area (Å²) in [5.74, 6) is -0.0501. The number of amides is 1. The summed E-state index contributed by atoms with van der Waals surface area (Å²) in [4.78, 5) is 11.8. The number of hydrogen-bond donors (Lipinski definition) is 2. The molecule has 0 radical (unpaired) electrons. The zero-order chi connectivity index (χ0) is 14.1. The van der Waals surface area contributed by atoms with Gasteiger partial charge in [-0.2, -0.15) is 0 Å². The van der Waals surface area contributed by atoms with Crippen LogP contribution in [0.2, 0.25) is 0 Å². The standard InChI is InChI=1S/C14H28N2O3/c1-4-15-12-5-7-13(8-6-12)19-11(2)14(17)16-9-10-18-3/h11-13,15H,4-10H2,1-3H3,(H,16,17). The molecule has 1 aliphatic carbocycles. The Bertz CT molecular complexity index is 253. The number of ether oxygens (including phenoxy) is 2. The molecule has 0 aromatic carbocycles. The van der Waals surface area contributed by atoms with Crippen LogP contribution in [0.1, 0.15) is 39.5 Å². The van der Waals surface area contributed by atoms with Crippen molar-refractivity contribution in [1.82, 2.24) is 10.6 Å². The highest BCUT2D eigenvalue weighted by molar-refractivity contribution is 5.80. The number of hydrogen-bond acceptors (Lipinski definition) is 4. The van der Waals surface area contributed by atoms with Gasteiger partial charge >= 0.3 is 0 Å². The van der Waals surface area contributed by atoms with Gasteiger partial charge in [-0.25, -0.2) is 0 Å². The van der Waals surface area contributed by atoms with Crippen LogP contribution in [-0.2, 0) is 14.3 Å². The van der Waals surface area contributed by atoms with Crippen molar-refractivity contribution in [2.45, 2.75) is 57.8 Å². The average Bonchev–Trinajstić information content (AvgIpc) is 2.41. The molecule has 1 fully saturated rings. The summed E-state index contributed by atoms with van der Waals surface area (Å²) in [6.07, 6.45) is 4.18. The quantitative estimate of drug-likeness (QED) is 0.649. The van der Waals surface area contributed by atoms with Crippen molar-refractivity contribution in [3.05, 3.63) is 0 Å². The second-order valence-corrected chi connectivity index (χ2v) is 5.09. The minimum atomic E-state index is -0.377. The second kappa shape index (κ2) is 9.28. The first-order valence-corrected chi connectivity index (χ1v) is 7.32. The predicted molar refractivity (Wildman–Crippen MR) is 75.2 cm³/mol. The molecule has 1 atom stereocenters. The highest BCUT2D eigenvalue weighted by Gasteiger charge is 2.24. The first kappa shape index (κ1) is 16.4. The van der Waals surface area contributed by atoms with Crippen molar-refractivity contribution in [2.24, 2.45) is 0 Å². The summed E-state index contributed by atoms with van der Waals surface area (Å²) < 4.78 is 10.7. The Hall–Kier alpha value is -0.650. The van der Waals surface area contributed by atoms with Crippen molar-refractivity contribution in [3.63, 3.8) is 0 Å². The zero-order valence-electron chi connectivity index (χ0n) is 12.4. The smallest absolute Gasteiger partial charge is 0.248 e. The number of methoxy groups -OCH3 is 1. The van der Waals surface area contributed by atoms with Gasteiger partial charge in [0.25, 0.3) is 0 Å². The molecule has 2 N–H and O–H groups in total. The van der Waals surface area contributed by atoms with E-state index in [0.29, 0.717) is 19.2 Å². The third-order valence-corrected chi connectivity index (χ3v) is 3.54. The van der Waals surface area contributed by atoms with Crippen molar-refractivity contribution in [2.75, 3.05) is 26.8 Å². The maximum atomic E-state index is 11.8. The van der Waals surface area contributed by atoms with Gasteiger partial charge in [-0.15, -0.1) is 0 Å². The van der Waals surface area contributed by atoms with Gasteiger partial charge in [0.15, 0.2) is 0 Å². The lowest BCUT2D eigenvalue weighted by Crippen LogP contribution is -2.40. The summed E-state index contributed by atoms with van der Waals surface area (Å²) in [7, 11) is 1.62. The average molecular weight is 272 g/mol. The molecule has 1 amide bonds. The molecule has 1 unspecified atom stereocenters. The fraction of sp³-hybridized carbons (Fsp3) is 0.929. The van der Waals surface area contributed by atoms with Crippen LogP contribution in [0.4, 0.5) is 0 Å². The minimum absolute atomic E-state index is 0.0501. The number of rotatable bonds is 8. The van der Waals surface area contributed by atoms with Gasteiger partial charge in [-0.3, -0.25) is 4.79 Å². The van der Waals surface area contributed by atoms with E-state index in [-0.39, 0.29) is 18.1 Å². The Kier molecular flexibility index (Phi) is 8.02. The van der Waals surface area contributed by atoms with Crippen LogP contribution in [0.3, 0.4) is 0 Å². The maximum absolute atomic E-state index is 11.8. The van der Waals surface area contributed by atoms with Gasteiger partial charge in [0, 0.05) is 19.7 Å². The number of nitrogens with one attached hydrogen (secondary N) is 2. The molecule has 0 spiro atoms. The molecule has 0 aliphatic heterocycles. The molecule has 0 saturated heterocycles. The molecule has 1 saturated carbocycles. The van der Waals surface area contributed by atoms with Gasteiger partial charge in [0.2, 0.25) is 5.91 Å². The molecular weight excluding hydrogens is 244 g/mol. The largest absolute Gasteiger partial charge is 0.383 e. The van der Waals surface area contributed by atoms with Crippen molar-refractivity contribution in [1.29, 1.82) is 0 Å². The SMILES string of the molecule is CCNC1CCC(OC(C)C(=O)NCCOC)CC1. The van der Waals surface area contributed by atoms with E-state index in [4.69, 9.17) is 9.47 Å². The third-order valence-electron chi connectivity index (χ3n) is 3.54. The van der Waals surface area contributed by atoms with Gasteiger partial charge in [0.05, 0.1) is 12.7 Å². The summed E-state index contributed by atoms with van der Waals surface area (Å²) >= 11 is 0.